The van der Waals surface area contributed by atoms with Crippen LogP contribution < -0.4 is 15.0 Å². The first-order valence-corrected chi connectivity index (χ1v) is 24.3. The van der Waals surface area contributed by atoms with E-state index < -0.39 is 75.7 Å². The largest absolute Gasteiger partial charge is 0.496 e. The fourth-order valence-corrected chi connectivity index (χ4v) is 14.5. The number of hydrogen-bond acceptors (Lipinski definition) is 13. The number of methoxy groups -OCH3 is 3. The number of benzene rings is 2. The van der Waals surface area contributed by atoms with Gasteiger partial charge in [0.15, 0.2) is 6.10 Å². The number of likely N-dealkylation sites (N-methyl/N-ethyl adjacent to an activating group) is 1. The van der Waals surface area contributed by atoms with Gasteiger partial charge in [0.05, 0.1) is 40.6 Å². The van der Waals surface area contributed by atoms with Crippen LogP contribution in [0, 0.1) is 17.3 Å². The number of aromatic nitrogens is 1. The van der Waals surface area contributed by atoms with E-state index in [1.807, 2.05) is 54.3 Å². The van der Waals surface area contributed by atoms with Crippen LogP contribution in [-0.2, 0) is 50.6 Å². The van der Waals surface area contributed by atoms with E-state index >= 15 is 13.6 Å². The summed E-state index contributed by atoms with van der Waals surface area (Å²) in [5.74, 6) is -6.29. The smallest absolute Gasteiger partial charge is 0.344 e. The van der Waals surface area contributed by atoms with Crippen LogP contribution in [0.25, 0.3) is 10.9 Å². The molecule has 10 rings (SSSR count). The molecule has 1 spiro atoms. The molecule has 6 aliphatic heterocycles. The zero-order chi connectivity index (χ0) is 49.0. The van der Waals surface area contributed by atoms with Crippen molar-refractivity contribution in [2.75, 3.05) is 97.6 Å². The van der Waals surface area contributed by atoms with Crippen molar-refractivity contribution in [1.82, 2.24) is 19.7 Å². The van der Waals surface area contributed by atoms with E-state index in [0.717, 1.165) is 23.4 Å². The lowest BCUT2D eigenvalue weighted by atomic mass is 9.47. The molecule has 1 saturated carbocycles. The summed E-state index contributed by atoms with van der Waals surface area (Å²) in [6, 6.07) is 7.72. The summed E-state index contributed by atoms with van der Waals surface area (Å²) < 4.78 is 60.6. The molecular formula is C51H64F2N6O10. The molecule has 7 heterocycles. The van der Waals surface area contributed by atoms with Crippen LogP contribution in [0.4, 0.5) is 25.0 Å². The third-order valence-electron chi connectivity index (χ3n) is 17.2. The van der Waals surface area contributed by atoms with E-state index in [2.05, 4.69) is 20.1 Å². The number of carbonyl (C=O) groups excluding carboxylic acids is 4. The minimum atomic E-state index is -2.99. The van der Waals surface area contributed by atoms with E-state index in [9.17, 15) is 19.5 Å². The van der Waals surface area contributed by atoms with Crippen molar-refractivity contribution in [3.63, 3.8) is 0 Å². The van der Waals surface area contributed by atoms with Gasteiger partial charge in [-0.2, -0.15) is 0 Å². The molecule has 16 nitrogen and oxygen atoms in total. The zero-order valence-electron chi connectivity index (χ0n) is 40.5. The Balaban J connectivity index is 1.23. The number of urea groups is 1. The lowest BCUT2D eigenvalue weighted by Gasteiger charge is -2.63. The lowest BCUT2D eigenvalue weighted by molar-refractivity contribution is -0.228. The van der Waals surface area contributed by atoms with Gasteiger partial charge >= 0.3 is 23.9 Å². The first-order valence-electron chi connectivity index (χ1n) is 24.3. The Morgan fingerprint density at radius 1 is 0.986 bits per heavy atom. The number of nitrogens with one attached hydrogen (secondary N) is 2. The Bertz CT molecular complexity index is 2610. The number of H-pyrrole nitrogens is 1. The van der Waals surface area contributed by atoms with Gasteiger partial charge in [-0.15, -0.1) is 0 Å². The molecule has 69 heavy (non-hydrogen) atoms. The highest BCUT2D eigenvalue weighted by Crippen LogP contribution is 2.68. The van der Waals surface area contributed by atoms with Crippen molar-refractivity contribution in [2.24, 2.45) is 17.3 Å². The van der Waals surface area contributed by atoms with E-state index in [4.69, 9.17) is 23.7 Å². The lowest BCUT2D eigenvalue weighted by Crippen LogP contribution is -2.81. The number of amides is 2. The predicted molar refractivity (Wildman–Crippen MR) is 251 cm³/mol. The second-order valence-corrected chi connectivity index (χ2v) is 20.6. The Hall–Kier alpha value is -5.30. The number of alkyl halides is 2. The third-order valence-corrected chi connectivity index (χ3v) is 17.2. The van der Waals surface area contributed by atoms with Crippen molar-refractivity contribution in [3.05, 3.63) is 64.9 Å². The van der Waals surface area contributed by atoms with Gasteiger partial charge in [-0.1, -0.05) is 19.1 Å². The van der Waals surface area contributed by atoms with Crippen molar-refractivity contribution in [2.45, 2.75) is 93.4 Å². The van der Waals surface area contributed by atoms with Gasteiger partial charge in [0.1, 0.15) is 11.2 Å². The van der Waals surface area contributed by atoms with E-state index in [1.165, 1.54) is 28.3 Å². The van der Waals surface area contributed by atoms with Gasteiger partial charge in [0.2, 0.25) is 11.5 Å². The highest BCUT2D eigenvalue weighted by molar-refractivity contribution is 5.98. The summed E-state index contributed by atoms with van der Waals surface area (Å²) in [5, 5.41) is 17.2. The number of hydrogen-bond donors (Lipinski definition) is 3. The summed E-state index contributed by atoms with van der Waals surface area (Å²) in [7, 11) is 5.87. The van der Waals surface area contributed by atoms with Crippen LogP contribution in [-0.4, -0.2) is 166 Å². The summed E-state index contributed by atoms with van der Waals surface area (Å²) >= 11 is 0. The molecule has 7 aliphatic rings. The average Bonchev–Trinajstić information content (AvgIpc) is 4.00. The number of esters is 3. The zero-order valence-corrected chi connectivity index (χ0v) is 40.5. The molecule has 1 aromatic heterocycles. The summed E-state index contributed by atoms with van der Waals surface area (Å²) in [5.41, 5.74) is -1.79. The normalized spacial score (nSPS) is 33.8. The number of nitrogens with zero attached hydrogens (tertiary/aromatic N) is 4. The number of anilines is 2. The third kappa shape index (κ3) is 6.85. The second-order valence-electron chi connectivity index (χ2n) is 20.6. The molecule has 3 aromatic rings. The summed E-state index contributed by atoms with van der Waals surface area (Å²) in [4.78, 5) is 68.4. The molecular weight excluding hydrogens is 895 g/mol. The summed E-state index contributed by atoms with van der Waals surface area (Å²) in [6.07, 6.45) is 4.13. The Morgan fingerprint density at radius 3 is 2.42 bits per heavy atom. The van der Waals surface area contributed by atoms with Gasteiger partial charge in [0.25, 0.3) is 0 Å². The van der Waals surface area contributed by atoms with E-state index in [-0.39, 0.29) is 25.4 Å². The number of morpholine rings is 1. The molecule has 2 amide bonds. The Morgan fingerprint density at radius 2 is 1.74 bits per heavy atom. The average molecular weight is 959 g/mol. The van der Waals surface area contributed by atoms with Crippen molar-refractivity contribution >= 4 is 46.2 Å². The highest BCUT2D eigenvalue weighted by atomic mass is 19.3. The molecule has 1 unspecified atom stereocenters. The maximum atomic E-state index is 15.6. The van der Waals surface area contributed by atoms with Gasteiger partial charge in [-0.25, -0.2) is 18.4 Å². The molecule has 3 N–H and O–H groups in total. The van der Waals surface area contributed by atoms with Gasteiger partial charge < -0.3 is 53.8 Å². The number of aromatic amines is 1. The molecule has 2 bridgehead atoms. The minimum absolute atomic E-state index is 0.0719. The summed E-state index contributed by atoms with van der Waals surface area (Å²) in [6.45, 7) is 8.23. The van der Waals surface area contributed by atoms with Crippen molar-refractivity contribution < 1.29 is 56.7 Å². The SMILES string of the molecule is CC[C@]12C=CCN3CC[C@@]4(c5cc([C@@]6(C(=O)OC)C[C@H]7C[C@@H](C(C)(F)F)CN(CCc8c6[nH]c6ccc(NC(=O)N9CCOCC9)cc86)C7)c(OC)cc5N(C)[C@H]4[C@@](O)(C(=O)OC)[C@@H]1OC(C)=O)[C@@H]32. The quantitative estimate of drug-likeness (QED) is 0.157. The number of aliphatic hydroxyl groups is 1. The number of halogens is 2. The Labute approximate surface area is 400 Å². The molecule has 18 heteroatoms. The maximum absolute atomic E-state index is 15.6. The van der Waals surface area contributed by atoms with Crippen LogP contribution in [0.1, 0.15) is 68.8 Å². The molecule has 10 atom stereocenters. The number of carbonyl (C=O) groups is 4. The highest BCUT2D eigenvalue weighted by Gasteiger charge is 2.80. The van der Waals surface area contributed by atoms with Crippen LogP contribution in [0.3, 0.4) is 0 Å². The second kappa shape index (κ2) is 16.9. The van der Waals surface area contributed by atoms with Gasteiger partial charge in [-0.3, -0.25) is 14.5 Å². The maximum Gasteiger partial charge on any atom is 0.344 e. The first kappa shape index (κ1) is 47.4. The standard InChI is InChI=1S/C51H64F2N6O10/c1-8-48-13-9-15-58-17-14-49(41(48)58)35-24-36(39(65-5)25-38(35)56(4)42(49)51(64,45(62)67-7)43(48)69-29(2)60)50(44(61)66-6)26-30-22-31(47(3,52)53)28-57(27-30)16-12-33-34-23-32(10-11-37(34)55-40(33)50)54-46(63)59-18-20-68-21-19-59/h9-11,13,23-25,30-31,41-43,55,64H,8,12,14-22,26-28H2,1-7H3,(H,54,63)/t30-,31-,41+,42-,43-,48-,49-,50+,51+/m1/s1. The number of piperidine rings is 1. The molecule has 2 aromatic carbocycles. The number of ether oxygens (including phenoxy) is 5. The van der Waals surface area contributed by atoms with Crippen molar-refractivity contribution in [1.29, 1.82) is 0 Å². The Kier molecular flexibility index (Phi) is 11.6. The molecule has 3 saturated heterocycles. The predicted octanol–water partition coefficient (Wildman–Crippen LogP) is 4.99. The molecule has 372 valence electrons. The van der Waals surface area contributed by atoms with Crippen LogP contribution in [0.15, 0.2) is 42.5 Å². The van der Waals surface area contributed by atoms with Gasteiger partial charge in [0, 0.05) is 116 Å². The number of fused-ring (bicyclic) bond motifs is 6. The van der Waals surface area contributed by atoms with Crippen LogP contribution in [0.2, 0.25) is 0 Å². The molecule has 1 aliphatic carbocycles. The molecule has 4 fully saturated rings. The topological polar surface area (TPSA) is 175 Å². The monoisotopic (exact) mass is 958 g/mol. The minimum Gasteiger partial charge on any atom is -0.496 e. The molecule has 0 radical (unpaired) electrons. The van der Waals surface area contributed by atoms with E-state index in [1.54, 1.807) is 11.9 Å². The van der Waals surface area contributed by atoms with Gasteiger partial charge in [-0.05, 0) is 86.9 Å². The first-order chi connectivity index (χ1) is 32.9. The fraction of sp³-hybridized carbons (Fsp3) is 0.608. The van der Waals surface area contributed by atoms with Crippen molar-refractivity contribution in [3.8, 4) is 5.75 Å². The van der Waals surface area contributed by atoms with Crippen LogP contribution >= 0.6 is 0 Å². The van der Waals surface area contributed by atoms with Crippen LogP contribution in [0.5, 0.6) is 5.75 Å². The van der Waals surface area contributed by atoms with E-state index in [0.29, 0.717) is 106 Å². The number of rotatable bonds is 8. The fourth-order valence-electron chi connectivity index (χ4n) is 14.5.